The van der Waals surface area contributed by atoms with Gasteiger partial charge in [-0.2, -0.15) is 0 Å². The normalized spacial score (nSPS) is 11.4. The van der Waals surface area contributed by atoms with Crippen molar-refractivity contribution in [2.45, 2.75) is 11.3 Å². The molecular weight excluding hydrogens is 262 g/mol. The lowest BCUT2D eigenvalue weighted by Gasteiger charge is -2.07. The first-order valence-corrected chi connectivity index (χ1v) is 6.34. The summed E-state index contributed by atoms with van der Waals surface area (Å²) in [5, 5.41) is 22.3. The molecule has 0 atom stereocenters. The summed E-state index contributed by atoms with van der Waals surface area (Å²) in [6.45, 7) is 0. The van der Waals surface area contributed by atoms with Crippen molar-refractivity contribution in [3.63, 3.8) is 0 Å². The van der Waals surface area contributed by atoms with Crippen LogP contribution in [0.4, 0.5) is 0 Å². The zero-order valence-electron chi connectivity index (χ0n) is 9.11. The molecule has 1 rings (SSSR count). The second kappa shape index (κ2) is 5.15. The molecule has 0 radical (unpaired) electrons. The third-order valence-corrected chi connectivity index (χ3v) is 3.22. The molecule has 0 saturated heterocycles. The van der Waals surface area contributed by atoms with Gasteiger partial charge in [0.05, 0.1) is 4.90 Å². The Balaban J connectivity index is 2.93. The van der Waals surface area contributed by atoms with Crippen molar-refractivity contribution in [1.29, 1.82) is 0 Å². The van der Waals surface area contributed by atoms with E-state index >= 15 is 0 Å². The number of hydrogen-bond donors (Lipinski definition) is 3. The number of aliphatic carboxylic acids is 2. The molecule has 8 heteroatoms. The van der Waals surface area contributed by atoms with E-state index in [1.165, 1.54) is 24.3 Å². The van der Waals surface area contributed by atoms with Crippen molar-refractivity contribution in [1.82, 2.24) is 0 Å². The van der Waals surface area contributed by atoms with Gasteiger partial charge in [-0.15, -0.1) is 0 Å². The number of carbonyl (C=O) groups is 2. The van der Waals surface area contributed by atoms with Crippen LogP contribution in [0, 0.1) is 5.92 Å². The highest BCUT2D eigenvalue weighted by Crippen LogP contribution is 2.13. The number of carboxylic acid groups (broad SMARTS) is 2. The monoisotopic (exact) mass is 273 g/mol. The Hall–Kier alpha value is -1.93. The molecule has 0 fully saturated rings. The van der Waals surface area contributed by atoms with Crippen LogP contribution in [0.3, 0.4) is 0 Å². The number of rotatable bonds is 5. The molecule has 7 nitrogen and oxygen atoms in total. The lowest BCUT2D eigenvalue weighted by Crippen LogP contribution is -2.25. The average molecular weight is 273 g/mol. The standard InChI is InChI=1S/C10H11NO6S/c11-18(16,17)7-3-1-6(2-4-7)5-8(9(12)13)10(14)15/h1-4,8H,5H2,(H,12,13)(H,14,15)(H2,11,16,17). The third-order valence-electron chi connectivity index (χ3n) is 2.29. The van der Waals surface area contributed by atoms with E-state index in [0.29, 0.717) is 5.56 Å². The Morgan fingerprint density at radius 1 is 1.11 bits per heavy atom. The van der Waals surface area contributed by atoms with Gasteiger partial charge < -0.3 is 10.2 Å². The fraction of sp³-hybridized carbons (Fsp3) is 0.200. The Bertz CT molecular complexity index is 549. The fourth-order valence-corrected chi connectivity index (χ4v) is 1.85. The van der Waals surface area contributed by atoms with Gasteiger partial charge >= 0.3 is 11.9 Å². The van der Waals surface area contributed by atoms with Crippen LogP contribution in [0.1, 0.15) is 5.56 Å². The molecule has 4 N–H and O–H groups in total. The van der Waals surface area contributed by atoms with Gasteiger partial charge in [0.1, 0.15) is 0 Å². The van der Waals surface area contributed by atoms with E-state index in [4.69, 9.17) is 15.4 Å². The van der Waals surface area contributed by atoms with E-state index in [1.54, 1.807) is 0 Å². The van der Waals surface area contributed by atoms with Crippen LogP contribution >= 0.6 is 0 Å². The third kappa shape index (κ3) is 3.54. The molecule has 0 aromatic heterocycles. The van der Waals surface area contributed by atoms with Crippen molar-refractivity contribution < 1.29 is 28.2 Å². The number of hydrogen-bond acceptors (Lipinski definition) is 4. The fourth-order valence-electron chi connectivity index (χ4n) is 1.33. The van der Waals surface area contributed by atoms with E-state index < -0.39 is 27.9 Å². The van der Waals surface area contributed by atoms with Gasteiger partial charge in [-0.25, -0.2) is 13.6 Å². The Morgan fingerprint density at radius 3 is 1.89 bits per heavy atom. The number of sulfonamides is 1. The van der Waals surface area contributed by atoms with E-state index in [0.717, 1.165) is 0 Å². The molecule has 1 aromatic rings. The van der Waals surface area contributed by atoms with Crippen molar-refractivity contribution in [3.05, 3.63) is 29.8 Å². The van der Waals surface area contributed by atoms with E-state index in [-0.39, 0.29) is 11.3 Å². The molecule has 0 aliphatic rings. The lowest BCUT2D eigenvalue weighted by molar-refractivity contribution is -0.154. The maximum Gasteiger partial charge on any atom is 0.318 e. The summed E-state index contributed by atoms with van der Waals surface area (Å²) in [6.07, 6.45) is -0.227. The molecule has 0 aliphatic heterocycles. The largest absolute Gasteiger partial charge is 0.481 e. The van der Waals surface area contributed by atoms with Gasteiger partial charge in [0.15, 0.2) is 5.92 Å². The summed E-state index contributed by atoms with van der Waals surface area (Å²) in [6, 6.07) is 5.06. The zero-order valence-corrected chi connectivity index (χ0v) is 9.92. The van der Waals surface area contributed by atoms with Crippen LogP contribution in [0.2, 0.25) is 0 Å². The molecule has 0 bridgehead atoms. The number of primary sulfonamides is 1. The highest BCUT2D eigenvalue weighted by molar-refractivity contribution is 7.89. The highest BCUT2D eigenvalue weighted by Gasteiger charge is 2.25. The van der Waals surface area contributed by atoms with Crippen LogP contribution in [-0.4, -0.2) is 30.6 Å². The minimum Gasteiger partial charge on any atom is -0.481 e. The Kier molecular flexibility index (Phi) is 4.04. The first-order chi connectivity index (χ1) is 8.21. The summed E-state index contributed by atoms with van der Waals surface area (Å²) >= 11 is 0. The van der Waals surface area contributed by atoms with Crippen molar-refractivity contribution >= 4 is 22.0 Å². The highest BCUT2D eigenvalue weighted by atomic mass is 32.2. The maximum atomic E-state index is 11.0. The summed E-state index contributed by atoms with van der Waals surface area (Å²) in [5.74, 6) is -4.46. The van der Waals surface area contributed by atoms with E-state index in [1.807, 2.05) is 0 Å². The summed E-state index contributed by atoms with van der Waals surface area (Å²) in [7, 11) is -3.81. The van der Waals surface area contributed by atoms with E-state index in [9.17, 15) is 18.0 Å². The number of nitrogens with two attached hydrogens (primary N) is 1. The smallest absolute Gasteiger partial charge is 0.318 e. The van der Waals surface area contributed by atoms with Gasteiger partial charge in [-0.3, -0.25) is 9.59 Å². The van der Waals surface area contributed by atoms with Crippen LogP contribution in [-0.2, 0) is 26.0 Å². The van der Waals surface area contributed by atoms with Crippen molar-refractivity contribution in [2.75, 3.05) is 0 Å². The first kappa shape index (κ1) is 14.1. The molecule has 0 aliphatic carbocycles. The second-order valence-corrected chi connectivity index (χ2v) is 5.18. The Morgan fingerprint density at radius 2 is 1.56 bits per heavy atom. The SMILES string of the molecule is NS(=O)(=O)c1ccc(CC(C(=O)O)C(=O)O)cc1. The summed E-state index contributed by atoms with van der Waals surface area (Å²) in [5.41, 5.74) is 0.400. The molecule has 0 unspecified atom stereocenters. The van der Waals surface area contributed by atoms with Gasteiger partial charge in [-0.05, 0) is 24.1 Å². The van der Waals surface area contributed by atoms with Gasteiger partial charge in [0, 0.05) is 0 Å². The van der Waals surface area contributed by atoms with Crippen LogP contribution in [0.15, 0.2) is 29.2 Å². The molecular formula is C10H11NO6S. The molecule has 0 spiro atoms. The maximum absolute atomic E-state index is 11.0. The minimum absolute atomic E-state index is 0.117. The zero-order chi connectivity index (χ0) is 13.9. The molecule has 0 heterocycles. The van der Waals surface area contributed by atoms with Crippen LogP contribution in [0.5, 0.6) is 0 Å². The van der Waals surface area contributed by atoms with Gasteiger partial charge in [0.25, 0.3) is 0 Å². The van der Waals surface area contributed by atoms with Crippen molar-refractivity contribution in [3.8, 4) is 0 Å². The van der Waals surface area contributed by atoms with Gasteiger partial charge in [0.2, 0.25) is 10.0 Å². The lowest BCUT2D eigenvalue weighted by atomic mass is 10.00. The molecule has 98 valence electrons. The first-order valence-electron chi connectivity index (χ1n) is 4.79. The van der Waals surface area contributed by atoms with Crippen LogP contribution in [0.25, 0.3) is 0 Å². The van der Waals surface area contributed by atoms with E-state index in [2.05, 4.69) is 0 Å². The van der Waals surface area contributed by atoms with Crippen molar-refractivity contribution in [2.24, 2.45) is 11.1 Å². The second-order valence-electron chi connectivity index (χ2n) is 3.62. The minimum atomic E-state index is -3.81. The topological polar surface area (TPSA) is 135 Å². The number of carboxylic acids is 2. The quantitative estimate of drug-likeness (QED) is 0.628. The Labute approximate surface area is 103 Å². The van der Waals surface area contributed by atoms with Gasteiger partial charge in [-0.1, -0.05) is 12.1 Å². The predicted molar refractivity (Wildman–Crippen MR) is 60.3 cm³/mol. The molecule has 0 amide bonds. The predicted octanol–water partition coefficient (Wildman–Crippen LogP) is -0.338. The molecule has 0 saturated carbocycles. The summed E-state index contributed by atoms with van der Waals surface area (Å²) in [4.78, 5) is 21.2. The molecule has 1 aromatic carbocycles. The number of benzene rings is 1. The molecule has 18 heavy (non-hydrogen) atoms. The summed E-state index contributed by atoms with van der Waals surface area (Å²) < 4.78 is 21.9. The van der Waals surface area contributed by atoms with Crippen LogP contribution < -0.4 is 5.14 Å². The average Bonchev–Trinajstić information content (AvgIpc) is 2.24.